The lowest BCUT2D eigenvalue weighted by molar-refractivity contribution is 0.392. The van der Waals surface area contributed by atoms with Crippen LogP contribution in [0.15, 0.2) is 29.6 Å². The molecule has 0 aliphatic carbocycles. The van der Waals surface area contributed by atoms with E-state index in [1.165, 1.54) is 18.5 Å². The fourth-order valence-electron chi connectivity index (χ4n) is 0.366. The third-order valence-corrected chi connectivity index (χ3v) is 0.815. The predicted octanol–water partition coefficient (Wildman–Crippen LogP) is 1.99. The molecule has 3 nitrogen and oxygen atoms in total. The molecule has 0 aromatic carbocycles. The first kappa shape index (κ1) is 9.44. The minimum atomic E-state index is 0.355. The summed E-state index contributed by atoms with van der Waals surface area (Å²) in [6.07, 6.45) is 4.41. The summed E-state index contributed by atoms with van der Waals surface area (Å²) < 4.78 is 4.48. The molecule has 0 aliphatic heterocycles. The van der Waals surface area contributed by atoms with Gasteiger partial charge in [-0.3, -0.25) is 4.99 Å². The maximum Gasteiger partial charge on any atom is 0.292 e. The van der Waals surface area contributed by atoms with Crippen LogP contribution in [0.5, 0.6) is 0 Å². The Morgan fingerprint density at radius 2 is 2.27 bits per heavy atom. The Morgan fingerprint density at radius 1 is 1.64 bits per heavy atom. The molecular formula is C8H10N2O. The average molecular weight is 150 g/mol. The van der Waals surface area contributed by atoms with E-state index in [9.17, 15) is 0 Å². The van der Waals surface area contributed by atoms with Gasteiger partial charge in [-0.25, -0.2) is 0 Å². The summed E-state index contributed by atoms with van der Waals surface area (Å²) in [5, 5.41) is 8.12. The molecule has 0 heterocycles. The minimum absolute atomic E-state index is 0.355. The van der Waals surface area contributed by atoms with E-state index in [2.05, 4.69) is 16.3 Å². The van der Waals surface area contributed by atoms with Crippen LogP contribution in [-0.2, 0) is 4.74 Å². The number of ether oxygens (including phenoxy) is 1. The quantitative estimate of drug-likeness (QED) is 0.267. The van der Waals surface area contributed by atoms with Gasteiger partial charge in [0.1, 0.15) is 0 Å². The first-order valence-electron chi connectivity index (χ1n) is 3.10. The van der Waals surface area contributed by atoms with E-state index in [1.807, 2.05) is 13.8 Å². The van der Waals surface area contributed by atoms with Gasteiger partial charge in [0.15, 0.2) is 5.76 Å². The second kappa shape index (κ2) is 5.24. The standard InChI is InChI=1S/C8H10N2O/c1-4-8(11-6-9)5-10-7(2)3/h4-5H,1H2,2-3H3/b8-5+. The Labute approximate surface area is 66.3 Å². The number of rotatable bonds is 3. The van der Waals surface area contributed by atoms with Gasteiger partial charge in [0.05, 0.1) is 6.20 Å². The van der Waals surface area contributed by atoms with E-state index in [0.29, 0.717) is 5.76 Å². The first-order valence-corrected chi connectivity index (χ1v) is 3.10. The zero-order valence-corrected chi connectivity index (χ0v) is 6.66. The highest BCUT2D eigenvalue weighted by molar-refractivity contribution is 5.79. The molecule has 0 aromatic rings. The molecule has 0 radical (unpaired) electrons. The van der Waals surface area contributed by atoms with Crippen LogP contribution in [0, 0.1) is 11.5 Å². The molecule has 0 aliphatic rings. The summed E-state index contributed by atoms with van der Waals surface area (Å²) >= 11 is 0. The fourth-order valence-corrected chi connectivity index (χ4v) is 0.366. The molecule has 0 spiro atoms. The molecule has 0 unspecified atom stereocenters. The van der Waals surface area contributed by atoms with Crippen molar-refractivity contribution in [3.05, 3.63) is 24.6 Å². The zero-order valence-electron chi connectivity index (χ0n) is 6.66. The Morgan fingerprint density at radius 3 is 2.64 bits per heavy atom. The highest BCUT2D eigenvalue weighted by Gasteiger charge is 1.87. The van der Waals surface area contributed by atoms with Gasteiger partial charge in [0, 0.05) is 5.71 Å². The zero-order chi connectivity index (χ0) is 8.69. The number of nitriles is 1. The topological polar surface area (TPSA) is 45.4 Å². The molecule has 0 atom stereocenters. The summed E-state index contributed by atoms with van der Waals surface area (Å²) in [4.78, 5) is 3.92. The van der Waals surface area contributed by atoms with Gasteiger partial charge in [0.2, 0.25) is 0 Å². The third kappa shape index (κ3) is 4.91. The SMILES string of the molecule is C=C/C(=C\N=C(C)C)OC#N. The van der Waals surface area contributed by atoms with Crippen molar-refractivity contribution >= 4 is 5.71 Å². The lowest BCUT2D eigenvalue weighted by atomic mass is 10.5. The summed E-state index contributed by atoms with van der Waals surface area (Å²) in [5.74, 6) is 0.355. The highest BCUT2D eigenvalue weighted by Crippen LogP contribution is 1.97. The van der Waals surface area contributed by atoms with Crippen LogP contribution < -0.4 is 0 Å². The van der Waals surface area contributed by atoms with Crippen molar-refractivity contribution in [2.24, 2.45) is 4.99 Å². The first-order chi connectivity index (χ1) is 5.20. The summed E-state index contributed by atoms with van der Waals surface area (Å²) in [6.45, 7) is 7.15. The second-order valence-corrected chi connectivity index (χ2v) is 2.01. The van der Waals surface area contributed by atoms with Crippen molar-refractivity contribution in [1.29, 1.82) is 5.26 Å². The van der Waals surface area contributed by atoms with Crippen LogP contribution in [0.4, 0.5) is 0 Å². The van der Waals surface area contributed by atoms with Gasteiger partial charge in [-0.05, 0) is 19.9 Å². The number of aliphatic imine (C=N–C) groups is 1. The fraction of sp³-hybridized carbons (Fsp3) is 0.250. The molecule has 0 N–H and O–H groups in total. The van der Waals surface area contributed by atoms with Gasteiger partial charge in [-0.15, -0.1) is 5.26 Å². The van der Waals surface area contributed by atoms with Crippen LogP contribution in [0.3, 0.4) is 0 Å². The van der Waals surface area contributed by atoms with Gasteiger partial charge in [0.25, 0.3) is 6.26 Å². The van der Waals surface area contributed by atoms with Crippen LogP contribution >= 0.6 is 0 Å². The number of hydrogen-bond acceptors (Lipinski definition) is 3. The maximum absolute atomic E-state index is 8.12. The predicted molar refractivity (Wildman–Crippen MR) is 43.8 cm³/mol. The van der Waals surface area contributed by atoms with Gasteiger partial charge in [-0.2, -0.15) is 0 Å². The smallest absolute Gasteiger partial charge is 0.292 e. The van der Waals surface area contributed by atoms with E-state index in [1.54, 1.807) is 0 Å². The molecule has 0 bridgehead atoms. The average Bonchev–Trinajstić information content (AvgIpc) is 1.97. The molecule has 0 saturated carbocycles. The molecule has 11 heavy (non-hydrogen) atoms. The summed E-state index contributed by atoms with van der Waals surface area (Å²) in [7, 11) is 0. The van der Waals surface area contributed by atoms with E-state index in [0.717, 1.165) is 5.71 Å². The second-order valence-electron chi connectivity index (χ2n) is 2.01. The largest absolute Gasteiger partial charge is 0.386 e. The van der Waals surface area contributed by atoms with E-state index >= 15 is 0 Å². The molecule has 0 fully saturated rings. The molecule has 0 rings (SSSR count). The van der Waals surface area contributed by atoms with E-state index < -0.39 is 0 Å². The normalized spacial score (nSPS) is 9.73. The van der Waals surface area contributed by atoms with Gasteiger partial charge >= 0.3 is 0 Å². The Balaban J connectivity index is 4.26. The van der Waals surface area contributed by atoms with Gasteiger partial charge < -0.3 is 4.74 Å². The van der Waals surface area contributed by atoms with Gasteiger partial charge in [-0.1, -0.05) is 6.58 Å². The maximum atomic E-state index is 8.12. The molecule has 3 heteroatoms. The lowest BCUT2D eigenvalue weighted by Gasteiger charge is -1.91. The van der Waals surface area contributed by atoms with E-state index in [-0.39, 0.29) is 0 Å². The van der Waals surface area contributed by atoms with Crippen LogP contribution in [0.2, 0.25) is 0 Å². The Kier molecular flexibility index (Phi) is 4.50. The van der Waals surface area contributed by atoms with Crippen molar-refractivity contribution in [2.75, 3.05) is 0 Å². The Hall–Kier alpha value is -1.56. The number of hydrogen-bond donors (Lipinski definition) is 0. The van der Waals surface area contributed by atoms with Crippen molar-refractivity contribution in [3.63, 3.8) is 0 Å². The monoisotopic (exact) mass is 150 g/mol. The molecule has 0 aromatic heterocycles. The highest BCUT2D eigenvalue weighted by atomic mass is 16.5. The lowest BCUT2D eigenvalue weighted by Crippen LogP contribution is -1.81. The molecule has 58 valence electrons. The van der Waals surface area contributed by atoms with Crippen molar-refractivity contribution < 1.29 is 4.74 Å². The molecular weight excluding hydrogens is 140 g/mol. The van der Waals surface area contributed by atoms with Crippen molar-refractivity contribution in [1.82, 2.24) is 0 Å². The van der Waals surface area contributed by atoms with Crippen LogP contribution in [-0.4, -0.2) is 5.71 Å². The number of allylic oxidation sites excluding steroid dienone is 1. The Bertz CT molecular complexity index is 229. The number of nitrogens with zero attached hydrogens (tertiary/aromatic N) is 2. The van der Waals surface area contributed by atoms with Crippen molar-refractivity contribution in [3.8, 4) is 6.26 Å². The summed E-state index contributed by atoms with van der Waals surface area (Å²) in [6, 6.07) is 0. The molecule has 0 saturated heterocycles. The van der Waals surface area contributed by atoms with Crippen LogP contribution in [0.1, 0.15) is 13.8 Å². The van der Waals surface area contributed by atoms with Crippen molar-refractivity contribution in [2.45, 2.75) is 13.8 Å². The molecule has 0 amide bonds. The van der Waals surface area contributed by atoms with Crippen LogP contribution in [0.25, 0.3) is 0 Å². The van der Waals surface area contributed by atoms with E-state index in [4.69, 9.17) is 5.26 Å². The third-order valence-electron chi connectivity index (χ3n) is 0.815. The minimum Gasteiger partial charge on any atom is -0.386 e. The summed E-state index contributed by atoms with van der Waals surface area (Å²) in [5.41, 5.74) is 0.894.